The quantitative estimate of drug-likeness (QED) is 0.685. The van der Waals surface area contributed by atoms with Crippen LogP contribution in [0.3, 0.4) is 0 Å². The van der Waals surface area contributed by atoms with Crippen LogP contribution in [0.15, 0.2) is 42.0 Å². The number of benzene rings is 1. The standard InChI is InChI=1S/C17H13ClN4O2S/c1-17(23,15-20-7-8-25-15)6-5-11-3-2-4-12(9-11)24-14-13(18)10-21-16(19)22-14/h2-4,7-10,23H,1H3,(H2,19,21,22). The fraction of sp³-hybridized carbons (Fsp3) is 0.118. The third-order valence-electron chi connectivity index (χ3n) is 3.08. The molecule has 0 aliphatic rings. The van der Waals surface area contributed by atoms with Crippen LogP contribution < -0.4 is 10.5 Å². The third-order valence-corrected chi connectivity index (χ3v) is 4.32. The molecule has 126 valence electrons. The molecule has 0 fully saturated rings. The highest BCUT2D eigenvalue weighted by Crippen LogP contribution is 2.27. The second-order valence-electron chi connectivity index (χ2n) is 5.17. The zero-order chi connectivity index (χ0) is 17.9. The van der Waals surface area contributed by atoms with E-state index in [0.717, 1.165) is 0 Å². The largest absolute Gasteiger partial charge is 0.437 e. The van der Waals surface area contributed by atoms with Gasteiger partial charge >= 0.3 is 0 Å². The lowest BCUT2D eigenvalue weighted by atomic mass is 10.1. The fourth-order valence-electron chi connectivity index (χ4n) is 1.90. The lowest BCUT2D eigenvalue weighted by molar-refractivity contribution is 0.122. The number of nitrogens with two attached hydrogens (primary N) is 1. The number of aliphatic hydroxyl groups is 1. The molecule has 3 N–H and O–H groups in total. The molecule has 1 unspecified atom stereocenters. The number of anilines is 1. The van der Waals surface area contributed by atoms with Crippen molar-refractivity contribution in [3.05, 3.63) is 57.6 Å². The summed E-state index contributed by atoms with van der Waals surface area (Å²) < 4.78 is 5.63. The molecule has 2 aromatic heterocycles. The Bertz CT molecular complexity index is 949. The first-order valence-corrected chi connectivity index (χ1v) is 8.41. The number of nitrogen functional groups attached to an aromatic ring is 1. The van der Waals surface area contributed by atoms with Crippen molar-refractivity contribution >= 4 is 28.9 Å². The Labute approximate surface area is 153 Å². The van der Waals surface area contributed by atoms with E-state index in [1.165, 1.54) is 17.5 Å². The molecule has 0 amide bonds. The topological polar surface area (TPSA) is 94.2 Å². The number of rotatable bonds is 3. The molecule has 0 aliphatic heterocycles. The van der Waals surface area contributed by atoms with E-state index in [1.807, 2.05) is 0 Å². The first-order valence-electron chi connectivity index (χ1n) is 7.15. The van der Waals surface area contributed by atoms with Crippen LogP contribution in [0, 0.1) is 11.8 Å². The van der Waals surface area contributed by atoms with Gasteiger partial charge < -0.3 is 15.6 Å². The second kappa shape index (κ2) is 7.07. The molecule has 1 atom stereocenters. The van der Waals surface area contributed by atoms with Gasteiger partial charge in [-0.25, -0.2) is 9.97 Å². The molecule has 3 aromatic rings. The molecule has 0 bridgehead atoms. The molecule has 0 spiro atoms. The Morgan fingerprint density at radius 1 is 1.36 bits per heavy atom. The molecule has 0 saturated heterocycles. The maximum absolute atomic E-state index is 10.4. The maximum atomic E-state index is 10.4. The van der Waals surface area contributed by atoms with Gasteiger partial charge in [0.15, 0.2) is 5.60 Å². The van der Waals surface area contributed by atoms with Crippen molar-refractivity contribution in [1.82, 2.24) is 15.0 Å². The van der Waals surface area contributed by atoms with Crippen molar-refractivity contribution in [2.24, 2.45) is 0 Å². The molecule has 0 radical (unpaired) electrons. The normalized spacial score (nSPS) is 12.8. The molecular weight excluding hydrogens is 360 g/mol. The van der Waals surface area contributed by atoms with Crippen molar-refractivity contribution < 1.29 is 9.84 Å². The Morgan fingerprint density at radius 2 is 2.20 bits per heavy atom. The third kappa shape index (κ3) is 4.25. The van der Waals surface area contributed by atoms with Crippen LogP contribution >= 0.6 is 22.9 Å². The summed E-state index contributed by atoms with van der Waals surface area (Å²) in [5.41, 5.74) is 4.87. The monoisotopic (exact) mass is 372 g/mol. The number of halogens is 1. The SMILES string of the molecule is CC(O)(C#Cc1cccc(Oc2nc(N)ncc2Cl)c1)c1nccs1. The van der Waals surface area contributed by atoms with E-state index in [-0.39, 0.29) is 16.9 Å². The van der Waals surface area contributed by atoms with E-state index in [1.54, 1.807) is 42.8 Å². The molecule has 3 rings (SSSR count). The number of aromatic nitrogens is 3. The highest BCUT2D eigenvalue weighted by molar-refractivity contribution is 7.09. The van der Waals surface area contributed by atoms with Crippen LogP contribution in [-0.2, 0) is 5.60 Å². The predicted octanol–water partition coefficient (Wildman–Crippen LogP) is 3.22. The smallest absolute Gasteiger partial charge is 0.243 e. The van der Waals surface area contributed by atoms with Crippen molar-refractivity contribution in [2.75, 3.05) is 5.73 Å². The summed E-state index contributed by atoms with van der Waals surface area (Å²) in [6, 6.07) is 7.02. The second-order valence-corrected chi connectivity index (χ2v) is 6.47. The summed E-state index contributed by atoms with van der Waals surface area (Å²) in [6.45, 7) is 1.60. The summed E-state index contributed by atoms with van der Waals surface area (Å²) >= 11 is 7.34. The van der Waals surface area contributed by atoms with E-state index >= 15 is 0 Å². The molecule has 1 aromatic carbocycles. The van der Waals surface area contributed by atoms with Gasteiger partial charge in [-0.05, 0) is 25.1 Å². The summed E-state index contributed by atoms with van der Waals surface area (Å²) in [6.07, 6.45) is 3.00. The van der Waals surface area contributed by atoms with E-state index < -0.39 is 5.60 Å². The van der Waals surface area contributed by atoms with Gasteiger partial charge in [-0.15, -0.1) is 11.3 Å². The van der Waals surface area contributed by atoms with Gasteiger partial charge in [-0.1, -0.05) is 29.5 Å². The minimum atomic E-state index is -1.32. The van der Waals surface area contributed by atoms with Gasteiger partial charge in [0, 0.05) is 17.1 Å². The van der Waals surface area contributed by atoms with E-state index in [4.69, 9.17) is 22.1 Å². The van der Waals surface area contributed by atoms with Crippen molar-refractivity contribution in [1.29, 1.82) is 0 Å². The lowest BCUT2D eigenvalue weighted by Gasteiger charge is -2.12. The Morgan fingerprint density at radius 3 is 2.96 bits per heavy atom. The molecular formula is C17H13ClN4O2S. The van der Waals surface area contributed by atoms with E-state index in [0.29, 0.717) is 16.3 Å². The van der Waals surface area contributed by atoms with Gasteiger partial charge in [0.05, 0.1) is 6.20 Å². The summed E-state index contributed by atoms with van der Waals surface area (Å²) in [4.78, 5) is 11.8. The number of nitrogens with zero attached hydrogens (tertiary/aromatic N) is 3. The Kier molecular flexibility index (Phi) is 4.86. The fourth-order valence-corrected chi connectivity index (χ4v) is 2.68. The van der Waals surface area contributed by atoms with Crippen LogP contribution in [0.5, 0.6) is 11.6 Å². The first kappa shape index (κ1) is 17.2. The molecule has 8 heteroatoms. The number of hydrogen-bond donors (Lipinski definition) is 2. The molecule has 25 heavy (non-hydrogen) atoms. The van der Waals surface area contributed by atoms with Crippen LogP contribution in [0.1, 0.15) is 17.5 Å². The van der Waals surface area contributed by atoms with Crippen molar-refractivity contribution in [3.63, 3.8) is 0 Å². The van der Waals surface area contributed by atoms with Crippen LogP contribution in [-0.4, -0.2) is 20.1 Å². The number of ether oxygens (including phenoxy) is 1. The zero-order valence-electron chi connectivity index (χ0n) is 13.1. The van der Waals surface area contributed by atoms with Crippen LogP contribution in [0.2, 0.25) is 5.02 Å². The first-order chi connectivity index (χ1) is 11.9. The predicted molar refractivity (Wildman–Crippen MR) is 96.5 cm³/mol. The Hall–Kier alpha value is -2.66. The highest BCUT2D eigenvalue weighted by atomic mass is 35.5. The average Bonchev–Trinajstić information content (AvgIpc) is 3.12. The lowest BCUT2D eigenvalue weighted by Crippen LogP contribution is -2.17. The maximum Gasteiger partial charge on any atom is 0.243 e. The number of hydrogen-bond acceptors (Lipinski definition) is 7. The van der Waals surface area contributed by atoms with Crippen molar-refractivity contribution in [3.8, 4) is 23.5 Å². The van der Waals surface area contributed by atoms with Gasteiger partial charge in [0.1, 0.15) is 15.8 Å². The molecule has 0 aliphatic carbocycles. The molecule has 2 heterocycles. The summed E-state index contributed by atoms with van der Waals surface area (Å²) in [5, 5.41) is 13.0. The minimum Gasteiger partial charge on any atom is -0.437 e. The van der Waals surface area contributed by atoms with Crippen LogP contribution in [0.25, 0.3) is 0 Å². The highest BCUT2D eigenvalue weighted by Gasteiger charge is 2.22. The van der Waals surface area contributed by atoms with Gasteiger partial charge in [0.25, 0.3) is 0 Å². The van der Waals surface area contributed by atoms with Gasteiger partial charge in [0.2, 0.25) is 11.8 Å². The van der Waals surface area contributed by atoms with Crippen LogP contribution in [0.4, 0.5) is 5.95 Å². The van der Waals surface area contributed by atoms with Crippen molar-refractivity contribution in [2.45, 2.75) is 12.5 Å². The van der Waals surface area contributed by atoms with E-state index in [2.05, 4.69) is 26.8 Å². The minimum absolute atomic E-state index is 0.0647. The van der Waals surface area contributed by atoms with Gasteiger partial charge in [-0.2, -0.15) is 4.98 Å². The average molecular weight is 373 g/mol. The molecule has 0 saturated carbocycles. The summed E-state index contributed by atoms with van der Waals surface area (Å²) in [5.74, 6) is 6.45. The van der Waals surface area contributed by atoms with Gasteiger partial charge in [-0.3, -0.25) is 0 Å². The van der Waals surface area contributed by atoms with E-state index in [9.17, 15) is 5.11 Å². The Balaban J connectivity index is 1.83. The summed E-state index contributed by atoms with van der Waals surface area (Å²) in [7, 11) is 0. The number of thiazole rings is 1. The molecule has 6 nitrogen and oxygen atoms in total. The zero-order valence-corrected chi connectivity index (χ0v) is 14.7.